The van der Waals surface area contributed by atoms with E-state index in [0.29, 0.717) is 39.6 Å². The van der Waals surface area contributed by atoms with Gasteiger partial charge in [0.15, 0.2) is 11.5 Å². The highest BCUT2D eigenvalue weighted by atomic mass is 79.9. The molecule has 0 unspecified atom stereocenters. The fourth-order valence-electron chi connectivity index (χ4n) is 2.99. The molecule has 0 aliphatic heterocycles. The fourth-order valence-corrected chi connectivity index (χ4v) is 3.57. The van der Waals surface area contributed by atoms with Gasteiger partial charge in [0.1, 0.15) is 24.0 Å². The molecular weight excluding hydrogens is 484 g/mol. The average molecular weight is 507 g/mol. The van der Waals surface area contributed by atoms with Gasteiger partial charge in [-0.1, -0.05) is 29.8 Å². The number of nitrogens with zero attached hydrogens (tertiary/aromatic N) is 1. The number of nitriles is 1. The van der Waals surface area contributed by atoms with E-state index in [1.54, 1.807) is 43.5 Å². The van der Waals surface area contributed by atoms with E-state index in [2.05, 4.69) is 21.2 Å². The summed E-state index contributed by atoms with van der Waals surface area (Å²) in [6.45, 7) is 2.40. The van der Waals surface area contributed by atoms with Crippen molar-refractivity contribution in [1.29, 1.82) is 5.26 Å². The summed E-state index contributed by atoms with van der Waals surface area (Å²) in [5, 5.41) is 12.2. The standard InChI is InChI=1S/C26H23BrN2O4/c1-17-4-6-18(7-5-17)16-33-25-23(27)13-19(14-24(25)32-3)12-20(15-28)26(30)29-21-8-10-22(31-2)11-9-21/h4-14H,16H2,1-3H3,(H,29,30)/b20-12-. The van der Waals surface area contributed by atoms with E-state index in [1.165, 1.54) is 18.7 Å². The number of methoxy groups -OCH3 is 2. The van der Waals surface area contributed by atoms with E-state index in [-0.39, 0.29) is 5.57 Å². The molecule has 6 nitrogen and oxygen atoms in total. The largest absolute Gasteiger partial charge is 0.497 e. The van der Waals surface area contributed by atoms with Crippen LogP contribution < -0.4 is 19.5 Å². The maximum atomic E-state index is 12.6. The quantitative estimate of drug-likeness (QED) is 0.303. The first kappa shape index (κ1) is 23.9. The molecule has 3 aromatic carbocycles. The Labute approximate surface area is 201 Å². The van der Waals surface area contributed by atoms with E-state index < -0.39 is 5.91 Å². The minimum absolute atomic E-state index is 0.0481. The van der Waals surface area contributed by atoms with Crippen molar-refractivity contribution in [3.63, 3.8) is 0 Å². The number of amides is 1. The molecule has 0 fully saturated rings. The highest BCUT2D eigenvalue weighted by Gasteiger charge is 2.14. The molecule has 168 valence electrons. The van der Waals surface area contributed by atoms with E-state index in [9.17, 15) is 10.1 Å². The van der Waals surface area contributed by atoms with Crippen molar-refractivity contribution in [3.8, 4) is 23.3 Å². The van der Waals surface area contributed by atoms with Crippen molar-refractivity contribution < 1.29 is 19.0 Å². The summed E-state index contributed by atoms with van der Waals surface area (Å²) < 4.78 is 17.2. The predicted molar refractivity (Wildman–Crippen MR) is 131 cm³/mol. The minimum Gasteiger partial charge on any atom is -0.497 e. The zero-order chi connectivity index (χ0) is 23.8. The second kappa shape index (κ2) is 11.2. The number of aryl methyl sites for hydroxylation is 1. The lowest BCUT2D eigenvalue weighted by molar-refractivity contribution is -0.112. The van der Waals surface area contributed by atoms with E-state index in [4.69, 9.17) is 14.2 Å². The summed E-state index contributed by atoms with van der Waals surface area (Å²) in [7, 11) is 3.10. The van der Waals surface area contributed by atoms with Crippen LogP contribution in [0, 0.1) is 18.3 Å². The number of anilines is 1. The Morgan fingerprint density at radius 2 is 1.76 bits per heavy atom. The van der Waals surface area contributed by atoms with Crippen LogP contribution in [0.3, 0.4) is 0 Å². The molecule has 0 heterocycles. The zero-order valence-corrected chi connectivity index (χ0v) is 20.1. The van der Waals surface area contributed by atoms with Crippen LogP contribution >= 0.6 is 15.9 Å². The van der Waals surface area contributed by atoms with Crippen LogP contribution in [0.4, 0.5) is 5.69 Å². The van der Waals surface area contributed by atoms with Crippen molar-refractivity contribution in [2.24, 2.45) is 0 Å². The fraction of sp³-hybridized carbons (Fsp3) is 0.154. The Morgan fingerprint density at radius 1 is 1.06 bits per heavy atom. The molecule has 0 saturated carbocycles. The topological polar surface area (TPSA) is 80.6 Å². The molecule has 1 N–H and O–H groups in total. The number of ether oxygens (including phenoxy) is 3. The average Bonchev–Trinajstić information content (AvgIpc) is 2.83. The molecule has 0 bridgehead atoms. The Hall–Kier alpha value is -3.76. The van der Waals surface area contributed by atoms with Crippen molar-refractivity contribution in [1.82, 2.24) is 0 Å². The first-order valence-corrected chi connectivity index (χ1v) is 10.9. The number of carbonyl (C=O) groups is 1. The van der Waals surface area contributed by atoms with Crippen molar-refractivity contribution >= 4 is 33.6 Å². The SMILES string of the molecule is COc1ccc(NC(=O)/C(C#N)=C\c2cc(Br)c(OCc3ccc(C)cc3)c(OC)c2)cc1. The van der Waals surface area contributed by atoms with Crippen LogP contribution in [0.2, 0.25) is 0 Å². The molecular formula is C26H23BrN2O4. The lowest BCUT2D eigenvalue weighted by Gasteiger charge is -2.14. The van der Waals surface area contributed by atoms with Crippen LogP contribution in [0.5, 0.6) is 17.2 Å². The molecule has 0 aromatic heterocycles. The van der Waals surface area contributed by atoms with E-state index in [1.807, 2.05) is 37.3 Å². The number of nitrogens with one attached hydrogen (secondary N) is 1. The molecule has 0 atom stereocenters. The Balaban J connectivity index is 1.79. The van der Waals surface area contributed by atoms with Crippen LogP contribution in [-0.4, -0.2) is 20.1 Å². The summed E-state index contributed by atoms with van der Waals surface area (Å²) >= 11 is 3.51. The summed E-state index contributed by atoms with van der Waals surface area (Å²) in [5.74, 6) is 1.18. The number of benzene rings is 3. The van der Waals surface area contributed by atoms with Crippen LogP contribution in [0.1, 0.15) is 16.7 Å². The molecule has 7 heteroatoms. The number of halogens is 1. The molecule has 0 saturated heterocycles. The number of carbonyl (C=O) groups excluding carboxylic acids is 1. The molecule has 33 heavy (non-hydrogen) atoms. The molecule has 3 aromatic rings. The van der Waals surface area contributed by atoms with E-state index in [0.717, 1.165) is 5.56 Å². The Kier molecular flexibility index (Phi) is 8.11. The summed E-state index contributed by atoms with van der Waals surface area (Å²) in [6, 6.07) is 20.4. The van der Waals surface area contributed by atoms with Gasteiger partial charge in [-0.15, -0.1) is 0 Å². The first-order chi connectivity index (χ1) is 15.9. The van der Waals surface area contributed by atoms with Crippen molar-refractivity contribution in [3.05, 3.63) is 87.4 Å². The smallest absolute Gasteiger partial charge is 0.266 e. The molecule has 0 radical (unpaired) electrons. The summed E-state index contributed by atoms with van der Waals surface area (Å²) in [6.07, 6.45) is 1.50. The highest BCUT2D eigenvalue weighted by molar-refractivity contribution is 9.10. The van der Waals surface area contributed by atoms with Gasteiger partial charge in [-0.25, -0.2) is 0 Å². The van der Waals surface area contributed by atoms with Gasteiger partial charge in [-0.05, 0) is 76.5 Å². The third kappa shape index (κ3) is 6.37. The maximum absolute atomic E-state index is 12.6. The number of rotatable bonds is 8. The maximum Gasteiger partial charge on any atom is 0.266 e. The third-order valence-corrected chi connectivity index (χ3v) is 5.37. The second-order valence-corrected chi connectivity index (χ2v) is 8.02. The lowest BCUT2D eigenvalue weighted by Crippen LogP contribution is -2.13. The van der Waals surface area contributed by atoms with Gasteiger partial charge in [0.05, 0.1) is 18.7 Å². The molecule has 0 aliphatic carbocycles. The van der Waals surface area contributed by atoms with Crippen molar-refractivity contribution in [2.75, 3.05) is 19.5 Å². The highest BCUT2D eigenvalue weighted by Crippen LogP contribution is 2.37. The van der Waals surface area contributed by atoms with Gasteiger partial charge in [0, 0.05) is 5.69 Å². The normalized spacial score (nSPS) is 10.8. The zero-order valence-electron chi connectivity index (χ0n) is 18.5. The third-order valence-electron chi connectivity index (χ3n) is 4.78. The molecule has 0 aliphatic rings. The van der Waals surface area contributed by atoms with Gasteiger partial charge in [0.25, 0.3) is 5.91 Å². The summed E-state index contributed by atoms with van der Waals surface area (Å²) in [4.78, 5) is 12.6. The monoisotopic (exact) mass is 506 g/mol. The summed E-state index contributed by atoms with van der Waals surface area (Å²) in [5.41, 5.74) is 3.33. The van der Waals surface area contributed by atoms with Crippen LogP contribution in [0.25, 0.3) is 6.08 Å². The number of hydrogen-bond acceptors (Lipinski definition) is 5. The van der Waals surface area contributed by atoms with Crippen molar-refractivity contribution in [2.45, 2.75) is 13.5 Å². The van der Waals surface area contributed by atoms with Crippen LogP contribution in [0.15, 0.2) is 70.7 Å². The Bertz CT molecular complexity index is 1200. The Morgan fingerprint density at radius 3 is 2.36 bits per heavy atom. The van der Waals surface area contributed by atoms with Gasteiger partial charge < -0.3 is 19.5 Å². The first-order valence-electron chi connectivity index (χ1n) is 10.1. The molecule has 1 amide bonds. The van der Waals surface area contributed by atoms with Gasteiger partial charge in [0.2, 0.25) is 0 Å². The van der Waals surface area contributed by atoms with Gasteiger partial charge in [-0.3, -0.25) is 4.79 Å². The minimum atomic E-state index is -0.516. The molecule has 3 rings (SSSR count). The second-order valence-electron chi connectivity index (χ2n) is 7.16. The van der Waals surface area contributed by atoms with Gasteiger partial charge in [-0.2, -0.15) is 5.26 Å². The van der Waals surface area contributed by atoms with Gasteiger partial charge >= 0.3 is 0 Å². The molecule has 0 spiro atoms. The van der Waals surface area contributed by atoms with E-state index >= 15 is 0 Å². The number of hydrogen-bond donors (Lipinski definition) is 1. The predicted octanol–water partition coefficient (Wildman–Crippen LogP) is 5.90. The van der Waals surface area contributed by atoms with Crippen LogP contribution in [-0.2, 0) is 11.4 Å². The lowest BCUT2D eigenvalue weighted by atomic mass is 10.1.